The zero-order valence-corrected chi connectivity index (χ0v) is 11.6. The molecule has 0 aliphatic carbocycles. The topological polar surface area (TPSA) is 119 Å². The number of hydrogen-bond acceptors (Lipinski definition) is 5. The molecule has 0 radical (unpaired) electrons. The van der Waals surface area contributed by atoms with E-state index < -0.39 is 22.5 Å². The maximum absolute atomic E-state index is 12.4. The number of carbonyl (C=O) groups is 1. The van der Waals surface area contributed by atoms with Gasteiger partial charge in [-0.25, -0.2) is 8.42 Å². The molecule has 1 aromatic carbocycles. The molecule has 0 fully saturated rings. The molecule has 2 rings (SSSR count). The Morgan fingerprint density at radius 1 is 1.35 bits per heavy atom. The van der Waals surface area contributed by atoms with Gasteiger partial charge in [-0.3, -0.25) is 9.78 Å². The number of anilines is 1. The molecule has 4 N–H and O–H groups in total. The average molecular weight is 294 g/mol. The zero-order chi connectivity index (χ0) is 14.9. The highest BCUT2D eigenvalue weighted by Crippen LogP contribution is 2.27. The Bertz CT molecular complexity index is 773. The predicted octanol–water partition coefficient (Wildman–Crippen LogP) is -0.0772. The van der Waals surface area contributed by atoms with Gasteiger partial charge in [0.05, 0.1) is 12.1 Å². The van der Waals surface area contributed by atoms with E-state index in [1.165, 1.54) is 25.4 Å². The number of benzene rings is 1. The molecule has 1 heterocycles. The van der Waals surface area contributed by atoms with Gasteiger partial charge in [0.15, 0.2) is 0 Å². The van der Waals surface area contributed by atoms with Crippen molar-refractivity contribution in [3.8, 4) is 0 Å². The lowest BCUT2D eigenvalue weighted by atomic mass is 10.2. The fourth-order valence-corrected chi connectivity index (χ4v) is 3.13. The summed E-state index contributed by atoms with van der Waals surface area (Å²) in [6.07, 6.45) is 1.48. The van der Waals surface area contributed by atoms with E-state index in [9.17, 15) is 13.2 Å². The minimum absolute atomic E-state index is 0.00829. The molecule has 0 spiro atoms. The van der Waals surface area contributed by atoms with Gasteiger partial charge in [-0.2, -0.15) is 4.31 Å². The third-order valence-electron chi connectivity index (χ3n) is 2.83. The summed E-state index contributed by atoms with van der Waals surface area (Å²) in [6.45, 7) is -0.402. The van der Waals surface area contributed by atoms with Crippen molar-refractivity contribution in [2.24, 2.45) is 5.73 Å². The first-order chi connectivity index (χ1) is 9.34. The number of nitrogens with zero attached hydrogens (tertiary/aromatic N) is 2. The molecular weight excluding hydrogens is 280 g/mol. The van der Waals surface area contributed by atoms with Crippen molar-refractivity contribution in [1.29, 1.82) is 0 Å². The van der Waals surface area contributed by atoms with Gasteiger partial charge in [-0.1, -0.05) is 0 Å². The molecule has 2 aromatic rings. The van der Waals surface area contributed by atoms with Crippen LogP contribution in [-0.4, -0.2) is 37.2 Å². The van der Waals surface area contributed by atoms with Crippen LogP contribution >= 0.6 is 0 Å². The molecule has 0 aliphatic heterocycles. The van der Waals surface area contributed by atoms with Crippen molar-refractivity contribution >= 4 is 32.5 Å². The normalized spacial score (nSPS) is 11.9. The van der Waals surface area contributed by atoms with E-state index in [2.05, 4.69) is 4.98 Å². The number of nitrogen functional groups attached to an aromatic ring is 1. The number of likely N-dealkylation sites (N-methyl/N-ethyl adjacent to an activating group) is 1. The summed E-state index contributed by atoms with van der Waals surface area (Å²) >= 11 is 0. The highest BCUT2D eigenvalue weighted by atomic mass is 32.2. The molecule has 0 saturated heterocycles. The molecule has 7 nitrogen and oxygen atoms in total. The number of pyridine rings is 1. The van der Waals surface area contributed by atoms with Crippen LogP contribution < -0.4 is 11.5 Å². The largest absolute Gasteiger partial charge is 0.398 e. The Balaban J connectivity index is 2.64. The molecule has 0 bridgehead atoms. The van der Waals surface area contributed by atoms with Crippen molar-refractivity contribution in [3.63, 3.8) is 0 Å². The number of aromatic nitrogens is 1. The SMILES string of the molecule is CN(CC(N)=O)S(=O)(=O)c1ccc(N)c2cccnc12. The van der Waals surface area contributed by atoms with Gasteiger partial charge in [0, 0.05) is 24.3 Å². The van der Waals surface area contributed by atoms with E-state index in [1.807, 2.05) is 0 Å². The van der Waals surface area contributed by atoms with E-state index in [-0.39, 0.29) is 10.4 Å². The summed E-state index contributed by atoms with van der Waals surface area (Å²) in [7, 11) is -2.58. The summed E-state index contributed by atoms with van der Waals surface area (Å²) < 4.78 is 25.7. The van der Waals surface area contributed by atoms with Gasteiger partial charge in [0.1, 0.15) is 4.90 Å². The first kappa shape index (κ1) is 14.2. The first-order valence-corrected chi connectivity index (χ1v) is 7.16. The number of fused-ring (bicyclic) bond motifs is 1. The molecule has 1 aromatic heterocycles. The fraction of sp³-hybridized carbons (Fsp3) is 0.167. The molecule has 0 aliphatic rings. The number of amides is 1. The lowest BCUT2D eigenvalue weighted by molar-refractivity contribution is -0.118. The smallest absolute Gasteiger partial charge is 0.245 e. The number of primary amides is 1. The second kappa shape index (κ2) is 5.06. The van der Waals surface area contributed by atoms with Crippen LogP contribution in [0, 0.1) is 0 Å². The summed E-state index contributed by atoms with van der Waals surface area (Å²) in [6, 6.07) is 6.22. The summed E-state index contributed by atoms with van der Waals surface area (Å²) in [5.74, 6) is -0.733. The van der Waals surface area contributed by atoms with E-state index in [0.717, 1.165) is 4.31 Å². The van der Waals surface area contributed by atoms with Crippen LogP contribution in [0.2, 0.25) is 0 Å². The van der Waals surface area contributed by atoms with E-state index in [4.69, 9.17) is 11.5 Å². The molecular formula is C12H14N4O3S. The van der Waals surface area contributed by atoms with Crippen LogP contribution in [0.5, 0.6) is 0 Å². The van der Waals surface area contributed by atoms with Gasteiger partial charge in [-0.05, 0) is 24.3 Å². The number of carbonyl (C=O) groups excluding carboxylic acids is 1. The van der Waals surface area contributed by atoms with E-state index in [1.54, 1.807) is 12.1 Å². The van der Waals surface area contributed by atoms with Gasteiger partial charge in [0.25, 0.3) is 0 Å². The maximum Gasteiger partial charge on any atom is 0.245 e. The third-order valence-corrected chi connectivity index (χ3v) is 4.67. The van der Waals surface area contributed by atoms with Crippen molar-refractivity contribution in [2.45, 2.75) is 4.90 Å². The Morgan fingerprint density at radius 2 is 2.05 bits per heavy atom. The maximum atomic E-state index is 12.4. The standard InChI is InChI=1S/C12H14N4O3S/c1-16(7-11(14)17)20(18,19)10-5-4-9(13)8-3-2-6-15-12(8)10/h2-6H,7,13H2,1H3,(H2,14,17). The van der Waals surface area contributed by atoms with Gasteiger partial charge in [-0.15, -0.1) is 0 Å². The van der Waals surface area contributed by atoms with Crippen molar-refractivity contribution in [1.82, 2.24) is 9.29 Å². The molecule has 106 valence electrons. The summed E-state index contributed by atoms with van der Waals surface area (Å²) in [5.41, 5.74) is 11.5. The van der Waals surface area contributed by atoms with Crippen molar-refractivity contribution < 1.29 is 13.2 Å². The Morgan fingerprint density at radius 3 is 2.70 bits per heavy atom. The summed E-state index contributed by atoms with van der Waals surface area (Å²) in [4.78, 5) is 14.9. The molecule has 0 atom stereocenters. The second-order valence-electron chi connectivity index (χ2n) is 4.28. The van der Waals surface area contributed by atoms with Crippen molar-refractivity contribution in [3.05, 3.63) is 30.5 Å². The molecule has 8 heteroatoms. The summed E-state index contributed by atoms with van der Waals surface area (Å²) in [5, 5.41) is 0.543. The molecule has 0 saturated carbocycles. The highest BCUT2D eigenvalue weighted by Gasteiger charge is 2.25. The Kier molecular flexibility index (Phi) is 3.60. The zero-order valence-electron chi connectivity index (χ0n) is 10.8. The first-order valence-electron chi connectivity index (χ1n) is 5.72. The van der Waals surface area contributed by atoms with Crippen LogP contribution in [0.1, 0.15) is 0 Å². The van der Waals surface area contributed by atoms with Crippen LogP contribution in [0.4, 0.5) is 5.69 Å². The molecule has 20 heavy (non-hydrogen) atoms. The van der Waals surface area contributed by atoms with Crippen LogP contribution in [-0.2, 0) is 14.8 Å². The van der Waals surface area contributed by atoms with Crippen LogP contribution in [0.3, 0.4) is 0 Å². The van der Waals surface area contributed by atoms with E-state index >= 15 is 0 Å². The Labute approximate surface area is 116 Å². The average Bonchev–Trinajstić information content (AvgIpc) is 2.38. The number of rotatable bonds is 4. The monoisotopic (exact) mass is 294 g/mol. The van der Waals surface area contributed by atoms with Gasteiger partial charge in [0.2, 0.25) is 15.9 Å². The lowest BCUT2D eigenvalue weighted by Gasteiger charge is -2.16. The molecule has 1 amide bonds. The lowest BCUT2D eigenvalue weighted by Crippen LogP contribution is -2.35. The van der Waals surface area contributed by atoms with Gasteiger partial charge < -0.3 is 11.5 Å². The number of nitrogens with two attached hydrogens (primary N) is 2. The second-order valence-corrected chi connectivity index (χ2v) is 6.29. The highest BCUT2D eigenvalue weighted by molar-refractivity contribution is 7.89. The van der Waals surface area contributed by atoms with Crippen molar-refractivity contribution in [2.75, 3.05) is 19.3 Å². The number of hydrogen-bond donors (Lipinski definition) is 2. The fourth-order valence-electron chi connectivity index (χ4n) is 1.85. The number of sulfonamides is 1. The minimum Gasteiger partial charge on any atom is -0.398 e. The van der Waals surface area contributed by atoms with Crippen LogP contribution in [0.15, 0.2) is 35.4 Å². The van der Waals surface area contributed by atoms with E-state index in [0.29, 0.717) is 11.1 Å². The predicted molar refractivity (Wildman–Crippen MR) is 75.2 cm³/mol. The Hall–Kier alpha value is -2.19. The molecule has 0 unspecified atom stereocenters. The van der Waals surface area contributed by atoms with Gasteiger partial charge >= 0.3 is 0 Å². The quantitative estimate of drug-likeness (QED) is 0.764. The third kappa shape index (κ3) is 2.43. The minimum atomic E-state index is -3.86. The van der Waals surface area contributed by atoms with Crippen LogP contribution in [0.25, 0.3) is 10.9 Å².